The Morgan fingerprint density at radius 3 is 2.31 bits per heavy atom. The van der Waals surface area contributed by atoms with E-state index in [1.165, 1.54) is 14.2 Å². The summed E-state index contributed by atoms with van der Waals surface area (Å²) in [5.74, 6) is 0.211. The maximum Gasteiger partial charge on any atom is 0.356 e. The number of methoxy groups -OCH3 is 3. The summed E-state index contributed by atoms with van der Waals surface area (Å²) in [5, 5.41) is 3.38. The zero-order valence-electron chi connectivity index (χ0n) is 14.6. The van der Waals surface area contributed by atoms with Gasteiger partial charge in [-0.2, -0.15) is 0 Å². The van der Waals surface area contributed by atoms with Gasteiger partial charge in [0, 0.05) is 5.56 Å². The van der Waals surface area contributed by atoms with Crippen LogP contribution in [-0.2, 0) is 4.74 Å². The number of nitrogens with one attached hydrogen (secondary N) is 2. The van der Waals surface area contributed by atoms with Crippen molar-refractivity contribution in [2.45, 2.75) is 0 Å². The average Bonchev–Trinajstić information content (AvgIpc) is 3.05. The molecule has 0 atom stereocenters. The summed E-state index contributed by atoms with van der Waals surface area (Å²) < 4.78 is 15.3. The Labute approximate surface area is 149 Å². The molecule has 7 nitrogen and oxygen atoms in total. The van der Waals surface area contributed by atoms with Crippen LogP contribution in [0.25, 0.3) is 10.9 Å². The normalized spacial score (nSPS) is 10.4. The number of carbonyl (C=O) groups is 2. The molecule has 7 heteroatoms. The Morgan fingerprint density at radius 1 is 0.962 bits per heavy atom. The molecular formula is C19H18N2O5. The average molecular weight is 354 g/mol. The minimum atomic E-state index is -0.590. The Hall–Kier alpha value is -3.48. The van der Waals surface area contributed by atoms with Crippen LogP contribution in [0, 0.1) is 0 Å². The molecule has 2 N–H and O–H groups in total. The number of hydrogen-bond acceptors (Lipinski definition) is 5. The number of carbonyl (C=O) groups excluding carboxylic acids is 2. The van der Waals surface area contributed by atoms with Gasteiger partial charge in [0.15, 0.2) is 0 Å². The van der Waals surface area contributed by atoms with E-state index in [0.717, 1.165) is 0 Å². The van der Waals surface area contributed by atoms with Crippen LogP contribution < -0.4 is 14.8 Å². The van der Waals surface area contributed by atoms with Gasteiger partial charge >= 0.3 is 5.97 Å². The lowest BCUT2D eigenvalue weighted by molar-refractivity contribution is 0.0596. The first-order valence-corrected chi connectivity index (χ1v) is 7.81. The molecular weight excluding hydrogens is 336 g/mol. The van der Waals surface area contributed by atoms with Crippen molar-refractivity contribution in [2.24, 2.45) is 0 Å². The first-order valence-electron chi connectivity index (χ1n) is 7.81. The summed E-state index contributed by atoms with van der Waals surface area (Å²) in [6.07, 6.45) is 0. The van der Waals surface area contributed by atoms with Gasteiger partial charge in [-0.3, -0.25) is 4.79 Å². The van der Waals surface area contributed by atoms with Gasteiger partial charge in [-0.15, -0.1) is 0 Å². The molecule has 0 bridgehead atoms. The first-order chi connectivity index (χ1) is 12.6. The zero-order valence-corrected chi connectivity index (χ0v) is 14.6. The molecule has 0 aliphatic heterocycles. The van der Waals surface area contributed by atoms with Gasteiger partial charge in [0.2, 0.25) is 0 Å². The molecule has 1 heterocycles. The number of hydrogen-bond donors (Lipinski definition) is 2. The van der Waals surface area contributed by atoms with E-state index >= 15 is 0 Å². The van der Waals surface area contributed by atoms with Crippen molar-refractivity contribution in [1.82, 2.24) is 4.98 Å². The molecule has 0 aliphatic rings. The van der Waals surface area contributed by atoms with E-state index in [0.29, 0.717) is 33.7 Å². The van der Waals surface area contributed by atoms with Crippen LogP contribution in [0.4, 0.5) is 5.69 Å². The molecule has 0 radical (unpaired) electrons. The van der Waals surface area contributed by atoms with Crippen molar-refractivity contribution in [3.8, 4) is 11.5 Å². The fraction of sp³-hybridized carbons (Fsp3) is 0.158. The topological polar surface area (TPSA) is 89.7 Å². The third-order valence-corrected chi connectivity index (χ3v) is 3.99. The second-order valence-corrected chi connectivity index (χ2v) is 5.43. The number of amides is 1. The fourth-order valence-corrected chi connectivity index (χ4v) is 2.69. The maximum absolute atomic E-state index is 12.7. The summed E-state index contributed by atoms with van der Waals surface area (Å²) >= 11 is 0. The molecule has 0 fully saturated rings. The highest BCUT2D eigenvalue weighted by Gasteiger charge is 2.23. The minimum Gasteiger partial charge on any atom is -0.497 e. The van der Waals surface area contributed by atoms with E-state index in [1.54, 1.807) is 49.6 Å². The Morgan fingerprint density at radius 2 is 1.69 bits per heavy atom. The zero-order chi connectivity index (χ0) is 18.7. The molecule has 1 aromatic heterocycles. The Bertz CT molecular complexity index is 960. The fourth-order valence-electron chi connectivity index (χ4n) is 2.69. The molecule has 1 amide bonds. The molecule has 0 saturated carbocycles. The lowest BCUT2D eigenvalue weighted by Gasteiger charge is -2.09. The standard InChI is InChI=1S/C19H18N2O5/c1-24-12-9-7-11(8-10-12)18(22)21-16-15-13(5-4-6-14(15)25-2)20-17(16)19(23)26-3/h4-10,20H,1-3H3,(H,21,22). The van der Waals surface area contributed by atoms with Gasteiger partial charge in [-0.05, 0) is 36.4 Å². The lowest BCUT2D eigenvalue weighted by atomic mass is 10.1. The third-order valence-electron chi connectivity index (χ3n) is 3.99. The molecule has 26 heavy (non-hydrogen) atoms. The lowest BCUT2D eigenvalue weighted by Crippen LogP contribution is -2.15. The molecule has 2 aromatic carbocycles. The molecule has 3 aromatic rings. The van der Waals surface area contributed by atoms with E-state index in [1.807, 2.05) is 0 Å². The number of anilines is 1. The summed E-state index contributed by atoms with van der Waals surface area (Å²) in [7, 11) is 4.35. The van der Waals surface area contributed by atoms with E-state index in [4.69, 9.17) is 14.2 Å². The summed E-state index contributed by atoms with van der Waals surface area (Å²) in [6, 6.07) is 12.0. The van der Waals surface area contributed by atoms with Crippen molar-refractivity contribution >= 4 is 28.5 Å². The van der Waals surface area contributed by atoms with Crippen molar-refractivity contribution in [1.29, 1.82) is 0 Å². The van der Waals surface area contributed by atoms with E-state index in [2.05, 4.69) is 10.3 Å². The number of esters is 1. The predicted octanol–water partition coefficient (Wildman–Crippen LogP) is 3.22. The second-order valence-electron chi connectivity index (χ2n) is 5.43. The first kappa shape index (κ1) is 17.3. The van der Waals surface area contributed by atoms with E-state index in [-0.39, 0.29) is 11.6 Å². The van der Waals surface area contributed by atoms with Crippen LogP contribution >= 0.6 is 0 Å². The number of rotatable bonds is 5. The highest BCUT2D eigenvalue weighted by molar-refractivity contribution is 6.16. The van der Waals surface area contributed by atoms with Crippen molar-refractivity contribution in [3.05, 3.63) is 53.7 Å². The van der Waals surface area contributed by atoms with Crippen LogP contribution in [0.5, 0.6) is 11.5 Å². The summed E-state index contributed by atoms with van der Waals surface area (Å²) in [6.45, 7) is 0. The van der Waals surface area contributed by atoms with Gasteiger partial charge in [0.1, 0.15) is 17.2 Å². The van der Waals surface area contributed by atoms with Gasteiger partial charge in [-0.25, -0.2) is 4.79 Å². The van der Waals surface area contributed by atoms with Crippen molar-refractivity contribution in [2.75, 3.05) is 26.6 Å². The van der Waals surface area contributed by atoms with Crippen LogP contribution in [0.3, 0.4) is 0 Å². The largest absolute Gasteiger partial charge is 0.497 e. The molecule has 0 saturated heterocycles. The van der Waals surface area contributed by atoms with E-state index in [9.17, 15) is 9.59 Å². The van der Waals surface area contributed by atoms with Crippen LogP contribution in [0.2, 0.25) is 0 Å². The highest BCUT2D eigenvalue weighted by Crippen LogP contribution is 2.35. The van der Waals surface area contributed by atoms with Gasteiger partial charge in [-0.1, -0.05) is 6.07 Å². The molecule has 134 valence electrons. The number of aromatic amines is 1. The van der Waals surface area contributed by atoms with Crippen LogP contribution in [0.1, 0.15) is 20.8 Å². The smallest absolute Gasteiger partial charge is 0.356 e. The molecule has 0 spiro atoms. The number of aromatic nitrogens is 1. The predicted molar refractivity (Wildman–Crippen MR) is 97.1 cm³/mol. The van der Waals surface area contributed by atoms with E-state index < -0.39 is 5.97 Å². The summed E-state index contributed by atoms with van der Waals surface area (Å²) in [4.78, 5) is 27.8. The van der Waals surface area contributed by atoms with Gasteiger partial charge in [0.05, 0.1) is 37.9 Å². The summed E-state index contributed by atoms with van der Waals surface area (Å²) in [5.41, 5.74) is 1.53. The number of fused-ring (bicyclic) bond motifs is 1. The number of H-pyrrole nitrogens is 1. The quantitative estimate of drug-likeness (QED) is 0.687. The van der Waals surface area contributed by atoms with Gasteiger partial charge < -0.3 is 24.5 Å². The third kappa shape index (κ3) is 3.06. The Balaban J connectivity index is 2.06. The van der Waals surface area contributed by atoms with Gasteiger partial charge in [0.25, 0.3) is 5.91 Å². The maximum atomic E-state index is 12.7. The highest BCUT2D eigenvalue weighted by atomic mass is 16.5. The van der Waals surface area contributed by atoms with Crippen molar-refractivity contribution in [3.63, 3.8) is 0 Å². The Kier molecular flexibility index (Phi) is 4.79. The number of benzene rings is 2. The number of ether oxygens (including phenoxy) is 3. The second kappa shape index (κ2) is 7.18. The minimum absolute atomic E-state index is 0.147. The SMILES string of the molecule is COC(=O)c1[nH]c2cccc(OC)c2c1NC(=O)c1ccc(OC)cc1. The monoisotopic (exact) mass is 354 g/mol. The molecule has 0 unspecified atom stereocenters. The van der Waals surface area contributed by atoms with Crippen LogP contribution in [-0.4, -0.2) is 38.2 Å². The molecule has 0 aliphatic carbocycles. The molecule has 3 rings (SSSR count). The van der Waals surface area contributed by atoms with Crippen molar-refractivity contribution < 1.29 is 23.8 Å². The van der Waals surface area contributed by atoms with Crippen LogP contribution in [0.15, 0.2) is 42.5 Å².